The Labute approximate surface area is 349 Å². The Morgan fingerprint density at radius 3 is 1.80 bits per heavy atom. The van der Waals surface area contributed by atoms with Gasteiger partial charge in [0.25, 0.3) is 5.91 Å². The summed E-state index contributed by atoms with van der Waals surface area (Å²) >= 11 is 0. The molecular weight excluding hydrogens is 747 g/mol. The molecule has 7 aromatic rings. The van der Waals surface area contributed by atoms with E-state index < -0.39 is 0 Å². The van der Waals surface area contributed by atoms with Crippen LogP contribution in [0, 0.1) is 0 Å². The van der Waals surface area contributed by atoms with Gasteiger partial charge < -0.3 is 19.8 Å². The fourth-order valence-corrected chi connectivity index (χ4v) is 8.91. The Morgan fingerprint density at radius 1 is 0.650 bits per heavy atom. The van der Waals surface area contributed by atoms with Crippen molar-refractivity contribution in [3.05, 3.63) is 168 Å². The number of H-pyrrole nitrogens is 2. The van der Waals surface area contributed by atoms with E-state index in [2.05, 4.69) is 58.5 Å². The lowest BCUT2D eigenvalue weighted by Gasteiger charge is -2.31. The zero-order chi connectivity index (χ0) is 41.2. The standard InChI is InChI=1S/C50H47N7O3/c1-55(2)46(38-12-4-3-5-13-38)50(60)57-28-10-18-45(57)48-52-31-43(54-48)37-25-21-35(22-26-37)34-19-23-36(24-20-34)42-30-51-47(53-42)44-17-9-27-56(44)49(59)41-16-7-6-15-40(41)39-14-8-11-33(29-39)32-58/h3-8,11-16,19-26,29-32,44-46H,9-10,17-18,27-28H2,1-2H3,(H,51,53)(H,52,54)/t44-,45-,46+/m0/s1. The van der Waals surface area contributed by atoms with Crippen molar-refractivity contribution in [2.24, 2.45) is 0 Å². The lowest BCUT2D eigenvalue weighted by Crippen LogP contribution is -2.40. The number of nitrogens with one attached hydrogen (secondary N) is 2. The summed E-state index contributed by atoms with van der Waals surface area (Å²) in [5.74, 6) is 1.64. The van der Waals surface area contributed by atoms with Gasteiger partial charge in [-0.1, -0.05) is 115 Å². The number of imidazole rings is 2. The van der Waals surface area contributed by atoms with Crippen molar-refractivity contribution in [1.29, 1.82) is 0 Å². The first-order chi connectivity index (χ1) is 29.4. The van der Waals surface area contributed by atoms with Crippen LogP contribution in [0.4, 0.5) is 0 Å². The van der Waals surface area contributed by atoms with E-state index in [1.807, 2.05) is 114 Å². The molecule has 10 nitrogen and oxygen atoms in total. The zero-order valence-electron chi connectivity index (χ0n) is 33.8. The summed E-state index contributed by atoms with van der Waals surface area (Å²) in [6.07, 6.45) is 8.06. The molecule has 5 aromatic carbocycles. The van der Waals surface area contributed by atoms with E-state index >= 15 is 0 Å². The Balaban J connectivity index is 0.867. The van der Waals surface area contributed by atoms with E-state index in [0.717, 1.165) is 94.0 Å². The molecule has 2 saturated heterocycles. The van der Waals surface area contributed by atoms with Gasteiger partial charge in [0, 0.05) is 24.2 Å². The first-order valence-electron chi connectivity index (χ1n) is 20.6. The van der Waals surface area contributed by atoms with Gasteiger partial charge >= 0.3 is 0 Å². The van der Waals surface area contributed by atoms with Gasteiger partial charge in [-0.05, 0) is 90.9 Å². The van der Waals surface area contributed by atoms with Gasteiger partial charge in [-0.2, -0.15) is 0 Å². The van der Waals surface area contributed by atoms with Crippen LogP contribution >= 0.6 is 0 Å². The number of nitrogens with zero attached hydrogens (tertiary/aromatic N) is 5. The van der Waals surface area contributed by atoms with Crippen molar-refractivity contribution < 1.29 is 14.4 Å². The Hall–Kier alpha value is -6.91. The molecule has 2 aliphatic rings. The highest BCUT2D eigenvalue weighted by Gasteiger charge is 2.37. The van der Waals surface area contributed by atoms with Crippen LogP contribution in [0.15, 0.2) is 140 Å². The molecule has 2 aromatic heterocycles. The third-order valence-corrected chi connectivity index (χ3v) is 12.0. The largest absolute Gasteiger partial charge is 0.340 e. The van der Waals surface area contributed by atoms with Crippen LogP contribution < -0.4 is 0 Å². The minimum absolute atomic E-state index is 0.0457. The number of carbonyl (C=O) groups is 3. The number of aromatic amines is 2. The van der Waals surface area contributed by atoms with E-state index in [4.69, 9.17) is 9.97 Å². The zero-order valence-corrected chi connectivity index (χ0v) is 33.8. The third kappa shape index (κ3) is 7.57. The first-order valence-corrected chi connectivity index (χ1v) is 20.6. The fraction of sp³-hybridized carbons (Fsp3) is 0.220. The number of likely N-dealkylation sites (tertiary alicyclic amines) is 2. The SMILES string of the molecule is CN(C)[C@@H](C(=O)N1CCC[C@H]1c1ncc(-c2ccc(-c3ccc(-c4cnc([C@@H]5CCCN5C(=O)c5ccccc5-c5cccc(C=O)c5)[nH]4)cc3)cc2)[nH]1)c1ccccc1. The van der Waals surface area contributed by atoms with Crippen LogP contribution in [0.1, 0.15) is 81.7 Å². The van der Waals surface area contributed by atoms with Crippen molar-refractivity contribution in [1.82, 2.24) is 34.6 Å². The molecule has 0 saturated carbocycles. The molecule has 0 aliphatic carbocycles. The van der Waals surface area contributed by atoms with Crippen molar-refractivity contribution in [2.75, 3.05) is 27.2 Å². The molecule has 2 N–H and O–H groups in total. The van der Waals surface area contributed by atoms with Gasteiger partial charge in [0.1, 0.15) is 24.0 Å². The summed E-state index contributed by atoms with van der Waals surface area (Å²) in [5, 5.41) is 0. The Kier molecular flexibility index (Phi) is 10.8. The molecule has 9 rings (SSSR count). The van der Waals surface area contributed by atoms with E-state index in [0.29, 0.717) is 24.2 Å². The van der Waals surface area contributed by atoms with Crippen molar-refractivity contribution in [2.45, 2.75) is 43.8 Å². The van der Waals surface area contributed by atoms with E-state index in [-0.39, 0.29) is 29.9 Å². The molecule has 2 aliphatic heterocycles. The molecule has 0 unspecified atom stereocenters. The molecule has 2 amide bonds. The van der Waals surface area contributed by atoms with E-state index in [1.165, 1.54) is 0 Å². The number of amides is 2. The number of carbonyl (C=O) groups excluding carboxylic acids is 3. The van der Waals surface area contributed by atoms with Gasteiger partial charge in [-0.15, -0.1) is 0 Å². The molecule has 3 atom stereocenters. The molecule has 10 heteroatoms. The monoisotopic (exact) mass is 793 g/mol. The number of likely N-dealkylation sites (N-methyl/N-ethyl adjacent to an activating group) is 1. The lowest BCUT2D eigenvalue weighted by molar-refractivity contribution is -0.137. The summed E-state index contributed by atoms with van der Waals surface area (Å²) in [7, 11) is 3.91. The summed E-state index contributed by atoms with van der Waals surface area (Å²) in [5.41, 5.74) is 9.86. The van der Waals surface area contributed by atoms with Crippen molar-refractivity contribution in [3.8, 4) is 44.8 Å². The fourth-order valence-electron chi connectivity index (χ4n) is 8.91. The van der Waals surface area contributed by atoms with Gasteiger partial charge in [-0.3, -0.25) is 19.3 Å². The molecule has 0 bridgehead atoms. The maximum Gasteiger partial charge on any atom is 0.255 e. The Morgan fingerprint density at radius 2 is 1.20 bits per heavy atom. The minimum Gasteiger partial charge on any atom is -0.340 e. The molecule has 0 radical (unpaired) electrons. The summed E-state index contributed by atoms with van der Waals surface area (Å²) < 4.78 is 0. The highest BCUT2D eigenvalue weighted by Crippen LogP contribution is 2.37. The van der Waals surface area contributed by atoms with Crippen LogP contribution in [-0.2, 0) is 4.79 Å². The summed E-state index contributed by atoms with van der Waals surface area (Å²) in [4.78, 5) is 62.0. The minimum atomic E-state index is -0.351. The number of aldehydes is 1. The van der Waals surface area contributed by atoms with Gasteiger partial charge in [-0.25, -0.2) is 9.97 Å². The predicted octanol–water partition coefficient (Wildman–Crippen LogP) is 9.56. The average molecular weight is 794 g/mol. The van der Waals surface area contributed by atoms with Crippen LogP contribution in [0.2, 0.25) is 0 Å². The number of hydrogen-bond acceptors (Lipinski definition) is 6. The molecule has 2 fully saturated rings. The average Bonchev–Trinajstić information content (AvgIpc) is 4.14. The topological polar surface area (TPSA) is 118 Å². The second-order valence-corrected chi connectivity index (χ2v) is 15.9. The maximum absolute atomic E-state index is 14.1. The molecule has 0 spiro atoms. The van der Waals surface area contributed by atoms with Crippen LogP contribution in [-0.4, -0.2) is 79.9 Å². The normalized spacial score (nSPS) is 17.0. The Bertz CT molecular complexity index is 2630. The van der Waals surface area contributed by atoms with Crippen LogP contribution in [0.5, 0.6) is 0 Å². The maximum atomic E-state index is 14.1. The van der Waals surface area contributed by atoms with Crippen molar-refractivity contribution in [3.63, 3.8) is 0 Å². The smallest absolute Gasteiger partial charge is 0.255 e. The van der Waals surface area contributed by atoms with Gasteiger partial charge in [0.05, 0.1) is 35.9 Å². The highest BCUT2D eigenvalue weighted by molar-refractivity contribution is 6.01. The second-order valence-electron chi connectivity index (χ2n) is 15.9. The number of rotatable bonds is 11. The quantitative estimate of drug-likeness (QED) is 0.126. The molecule has 300 valence electrons. The number of benzene rings is 5. The molecule has 4 heterocycles. The van der Waals surface area contributed by atoms with Crippen molar-refractivity contribution >= 4 is 18.1 Å². The highest BCUT2D eigenvalue weighted by atomic mass is 16.2. The van der Waals surface area contributed by atoms with E-state index in [9.17, 15) is 14.4 Å². The van der Waals surface area contributed by atoms with Gasteiger partial charge in [0.2, 0.25) is 5.91 Å². The summed E-state index contributed by atoms with van der Waals surface area (Å²) in [6.45, 7) is 1.35. The second kappa shape index (κ2) is 16.8. The predicted molar refractivity (Wildman–Crippen MR) is 234 cm³/mol. The molecular formula is C50H47N7O3. The number of hydrogen-bond donors (Lipinski definition) is 2. The third-order valence-electron chi connectivity index (χ3n) is 12.0. The molecule has 60 heavy (non-hydrogen) atoms. The van der Waals surface area contributed by atoms with E-state index in [1.54, 1.807) is 6.07 Å². The first kappa shape index (κ1) is 38.6. The summed E-state index contributed by atoms with van der Waals surface area (Å²) in [6, 6.07) is 41.2. The number of aromatic nitrogens is 4. The van der Waals surface area contributed by atoms with Crippen LogP contribution in [0.25, 0.3) is 44.8 Å². The van der Waals surface area contributed by atoms with Gasteiger partial charge in [0.15, 0.2) is 0 Å². The lowest BCUT2D eigenvalue weighted by atomic mass is 9.97. The van der Waals surface area contributed by atoms with Crippen LogP contribution in [0.3, 0.4) is 0 Å².